The van der Waals surface area contributed by atoms with E-state index < -0.39 is 0 Å². The monoisotopic (exact) mass is 183 g/mol. The van der Waals surface area contributed by atoms with E-state index in [-0.39, 0.29) is 12.2 Å². The lowest BCUT2D eigenvalue weighted by atomic mass is 10.2. The molecule has 0 aromatic rings. The van der Waals surface area contributed by atoms with Gasteiger partial charge < -0.3 is 10.1 Å². The quantitative estimate of drug-likeness (QED) is 0.524. The average molecular weight is 183 g/mol. The lowest BCUT2D eigenvalue weighted by Gasteiger charge is -1.99. The molecule has 0 spiro atoms. The maximum absolute atomic E-state index is 10.6. The van der Waals surface area contributed by atoms with Crippen molar-refractivity contribution in [3.63, 3.8) is 0 Å². The third-order valence-electron chi connectivity index (χ3n) is 2.03. The molecule has 1 aliphatic heterocycles. The molecule has 74 valence electrons. The highest BCUT2D eigenvalue weighted by atomic mass is 16.6. The van der Waals surface area contributed by atoms with Crippen LogP contribution in [0.3, 0.4) is 0 Å². The fourth-order valence-electron chi connectivity index (χ4n) is 1.27. The normalized spacial score (nSPS) is 21.9. The van der Waals surface area contributed by atoms with E-state index in [1.807, 2.05) is 6.08 Å². The van der Waals surface area contributed by atoms with Crippen LogP contribution in [0.2, 0.25) is 0 Å². The van der Waals surface area contributed by atoms with Crippen molar-refractivity contribution in [2.75, 3.05) is 6.54 Å². The first-order valence-electron chi connectivity index (χ1n) is 4.94. The van der Waals surface area contributed by atoms with Gasteiger partial charge in [0.1, 0.15) is 6.10 Å². The Labute approximate surface area is 79.2 Å². The van der Waals surface area contributed by atoms with Crippen LogP contribution >= 0.6 is 0 Å². The Kier molecular flexibility index (Phi) is 4.36. The highest BCUT2D eigenvalue weighted by Gasteiger charge is 2.18. The van der Waals surface area contributed by atoms with Crippen LogP contribution in [0.5, 0.6) is 0 Å². The number of unbranched alkanes of at least 4 members (excludes halogenated alkanes) is 3. The lowest BCUT2D eigenvalue weighted by molar-refractivity contribution is 0.158. The molecular formula is C10H17NO2. The molecule has 0 aromatic carbocycles. The van der Waals surface area contributed by atoms with Gasteiger partial charge in [0.15, 0.2) is 0 Å². The Hall–Kier alpha value is -0.990. The van der Waals surface area contributed by atoms with Crippen molar-refractivity contribution >= 4 is 6.09 Å². The van der Waals surface area contributed by atoms with Crippen LogP contribution < -0.4 is 5.32 Å². The number of amides is 1. The molecule has 1 N–H and O–H groups in total. The largest absolute Gasteiger partial charge is 0.440 e. The molecule has 1 saturated heterocycles. The Bertz CT molecular complexity index is 189. The third-order valence-corrected chi connectivity index (χ3v) is 2.03. The number of carbonyl (C=O) groups is 1. The molecular weight excluding hydrogens is 166 g/mol. The van der Waals surface area contributed by atoms with Crippen LogP contribution in [0.4, 0.5) is 4.79 Å². The van der Waals surface area contributed by atoms with Crippen LogP contribution in [0.25, 0.3) is 0 Å². The first-order valence-corrected chi connectivity index (χ1v) is 4.94. The minimum absolute atomic E-state index is 0.0471. The SMILES string of the molecule is CCCCC/C=C/C1CNC(=O)O1. The summed E-state index contributed by atoms with van der Waals surface area (Å²) in [5.41, 5.74) is 0. The Balaban J connectivity index is 2.06. The molecule has 0 saturated carbocycles. The van der Waals surface area contributed by atoms with Gasteiger partial charge in [0.25, 0.3) is 0 Å². The zero-order valence-electron chi connectivity index (χ0n) is 8.08. The molecule has 1 fully saturated rings. The van der Waals surface area contributed by atoms with Crippen molar-refractivity contribution < 1.29 is 9.53 Å². The highest BCUT2D eigenvalue weighted by molar-refractivity contribution is 5.69. The molecule has 13 heavy (non-hydrogen) atoms. The topological polar surface area (TPSA) is 38.3 Å². The maximum Gasteiger partial charge on any atom is 0.407 e. The van der Waals surface area contributed by atoms with Crippen molar-refractivity contribution in [3.8, 4) is 0 Å². The fraction of sp³-hybridized carbons (Fsp3) is 0.700. The fourth-order valence-corrected chi connectivity index (χ4v) is 1.27. The molecule has 1 heterocycles. The van der Waals surface area contributed by atoms with E-state index in [9.17, 15) is 4.79 Å². The number of nitrogens with one attached hydrogen (secondary N) is 1. The van der Waals surface area contributed by atoms with Gasteiger partial charge in [-0.05, 0) is 18.9 Å². The maximum atomic E-state index is 10.6. The van der Waals surface area contributed by atoms with E-state index in [2.05, 4.69) is 18.3 Å². The molecule has 0 aromatic heterocycles. The van der Waals surface area contributed by atoms with Gasteiger partial charge in [-0.2, -0.15) is 0 Å². The Morgan fingerprint density at radius 2 is 2.46 bits per heavy atom. The van der Waals surface area contributed by atoms with Gasteiger partial charge in [-0.25, -0.2) is 4.79 Å². The van der Waals surface area contributed by atoms with Gasteiger partial charge in [-0.3, -0.25) is 0 Å². The van der Waals surface area contributed by atoms with Crippen molar-refractivity contribution in [3.05, 3.63) is 12.2 Å². The molecule has 0 bridgehead atoms. The molecule has 3 nitrogen and oxygen atoms in total. The summed E-state index contributed by atoms with van der Waals surface area (Å²) in [5, 5.41) is 2.61. The molecule has 0 radical (unpaired) electrons. The number of cyclic esters (lactones) is 1. The Morgan fingerprint density at radius 1 is 1.62 bits per heavy atom. The molecule has 1 unspecified atom stereocenters. The summed E-state index contributed by atoms with van der Waals surface area (Å²) < 4.78 is 4.93. The van der Waals surface area contributed by atoms with Gasteiger partial charge >= 0.3 is 6.09 Å². The molecule has 1 aliphatic rings. The number of allylic oxidation sites excluding steroid dienone is 1. The zero-order chi connectivity index (χ0) is 9.52. The van der Waals surface area contributed by atoms with Crippen molar-refractivity contribution in [2.24, 2.45) is 0 Å². The molecule has 0 aliphatic carbocycles. The predicted octanol–water partition coefficient (Wildman–Crippen LogP) is 2.23. The molecule has 3 heteroatoms. The van der Waals surface area contributed by atoms with Crippen LogP contribution in [0, 0.1) is 0 Å². The predicted molar refractivity (Wildman–Crippen MR) is 51.6 cm³/mol. The van der Waals surface area contributed by atoms with E-state index in [0.29, 0.717) is 6.54 Å². The van der Waals surface area contributed by atoms with Gasteiger partial charge in [-0.15, -0.1) is 0 Å². The van der Waals surface area contributed by atoms with Gasteiger partial charge in [-0.1, -0.05) is 25.8 Å². The van der Waals surface area contributed by atoms with Crippen LogP contribution in [0.15, 0.2) is 12.2 Å². The summed E-state index contributed by atoms with van der Waals surface area (Å²) in [4.78, 5) is 10.6. The first-order chi connectivity index (χ1) is 6.33. The van der Waals surface area contributed by atoms with Crippen LogP contribution in [-0.2, 0) is 4.74 Å². The van der Waals surface area contributed by atoms with Crippen molar-refractivity contribution in [1.29, 1.82) is 0 Å². The highest BCUT2D eigenvalue weighted by Crippen LogP contribution is 2.04. The smallest absolute Gasteiger partial charge is 0.407 e. The summed E-state index contributed by atoms with van der Waals surface area (Å²) >= 11 is 0. The second kappa shape index (κ2) is 5.62. The summed E-state index contributed by atoms with van der Waals surface area (Å²) in [6.45, 7) is 2.80. The minimum Gasteiger partial charge on any atom is -0.440 e. The number of hydrogen-bond acceptors (Lipinski definition) is 2. The summed E-state index contributed by atoms with van der Waals surface area (Å²) in [5.74, 6) is 0. The van der Waals surface area contributed by atoms with Gasteiger partial charge in [0.2, 0.25) is 0 Å². The summed E-state index contributed by atoms with van der Waals surface area (Å²) in [7, 11) is 0. The van der Waals surface area contributed by atoms with E-state index in [1.54, 1.807) is 0 Å². The molecule has 1 amide bonds. The summed E-state index contributed by atoms with van der Waals surface area (Å²) in [6, 6.07) is 0. The summed E-state index contributed by atoms with van der Waals surface area (Å²) in [6.07, 6.45) is 8.54. The second-order valence-corrected chi connectivity index (χ2v) is 3.25. The minimum atomic E-state index is -0.303. The van der Waals surface area contributed by atoms with Crippen molar-refractivity contribution in [1.82, 2.24) is 5.32 Å². The molecule has 1 rings (SSSR count). The van der Waals surface area contributed by atoms with E-state index in [4.69, 9.17) is 4.74 Å². The third kappa shape index (κ3) is 3.97. The van der Waals surface area contributed by atoms with Gasteiger partial charge in [0, 0.05) is 0 Å². The van der Waals surface area contributed by atoms with Gasteiger partial charge in [0.05, 0.1) is 6.54 Å². The Morgan fingerprint density at radius 3 is 3.08 bits per heavy atom. The number of ether oxygens (including phenoxy) is 1. The van der Waals surface area contributed by atoms with Crippen LogP contribution in [-0.4, -0.2) is 18.7 Å². The van der Waals surface area contributed by atoms with Crippen LogP contribution in [0.1, 0.15) is 32.6 Å². The number of alkyl carbamates (subject to hydrolysis) is 1. The number of hydrogen-bond donors (Lipinski definition) is 1. The molecule has 1 atom stereocenters. The number of rotatable bonds is 5. The van der Waals surface area contributed by atoms with Crippen molar-refractivity contribution in [2.45, 2.75) is 38.7 Å². The average Bonchev–Trinajstić information content (AvgIpc) is 2.51. The lowest BCUT2D eigenvalue weighted by Crippen LogP contribution is -2.13. The second-order valence-electron chi connectivity index (χ2n) is 3.25. The first kappa shape index (κ1) is 10.1. The number of carbonyl (C=O) groups excluding carboxylic acids is 1. The van der Waals surface area contributed by atoms with E-state index in [1.165, 1.54) is 19.3 Å². The standard InChI is InChI=1S/C10H17NO2/c1-2-3-4-5-6-7-9-8-11-10(12)13-9/h6-7,9H,2-5,8H2,1H3,(H,11,12)/b7-6+. The van der Waals surface area contributed by atoms with E-state index >= 15 is 0 Å². The zero-order valence-corrected chi connectivity index (χ0v) is 8.08. The van der Waals surface area contributed by atoms with E-state index in [0.717, 1.165) is 6.42 Å².